The number of methoxy groups -OCH3 is 1. The number of oxime groups is 1. The van der Waals surface area contributed by atoms with E-state index in [-0.39, 0.29) is 5.91 Å². The first-order chi connectivity index (χ1) is 9.79. The molecule has 1 aromatic carbocycles. The van der Waals surface area contributed by atoms with Crippen molar-refractivity contribution in [1.29, 1.82) is 0 Å². The van der Waals surface area contributed by atoms with Gasteiger partial charge in [0.1, 0.15) is 5.75 Å². The van der Waals surface area contributed by atoms with Crippen molar-refractivity contribution >= 4 is 11.6 Å². The molecule has 1 amide bonds. The van der Waals surface area contributed by atoms with Gasteiger partial charge in [0, 0.05) is 25.1 Å². The maximum atomic E-state index is 12.3. The zero-order valence-electron chi connectivity index (χ0n) is 11.5. The summed E-state index contributed by atoms with van der Waals surface area (Å²) in [5.74, 6) is 0.806. The summed E-state index contributed by atoms with van der Waals surface area (Å²) in [6, 6.07) is 7.65. The molecule has 1 fully saturated rings. The number of rotatable bonds is 3. The molecule has 1 atom stereocenters. The third kappa shape index (κ3) is 2.35. The van der Waals surface area contributed by atoms with E-state index < -0.39 is 6.10 Å². The molecular weight excluding hydrogens is 256 g/mol. The van der Waals surface area contributed by atoms with E-state index in [1.54, 1.807) is 7.11 Å². The molecule has 1 aromatic rings. The molecule has 0 unspecified atom stereocenters. The molecule has 20 heavy (non-hydrogen) atoms. The minimum absolute atomic E-state index is 0.0520. The van der Waals surface area contributed by atoms with Crippen LogP contribution in [0.5, 0.6) is 5.75 Å². The fourth-order valence-corrected chi connectivity index (χ4v) is 2.69. The van der Waals surface area contributed by atoms with Gasteiger partial charge in [-0.2, -0.15) is 0 Å². The summed E-state index contributed by atoms with van der Waals surface area (Å²) >= 11 is 0. The maximum Gasteiger partial charge on any atom is 0.266 e. The monoisotopic (exact) mass is 274 g/mol. The van der Waals surface area contributed by atoms with Crippen LogP contribution in [0.3, 0.4) is 0 Å². The van der Waals surface area contributed by atoms with Crippen LogP contribution in [-0.4, -0.2) is 42.8 Å². The van der Waals surface area contributed by atoms with Gasteiger partial charge in [0.2, 0.25) is 6.10 Å². The topological polar surface area (TPSA) is 51.1 Å². The third-order valence-corrected chi connectivity index (χ3v) is 3.78. The highest BCUT2D eigenvalue weighted by Crippen LogP contribution is 2.25. The molecule has 5 nitrogen and oxygen atoms in total. The van der Waals surface area contributed by atoms with Crippen LogP contribution in [0.1, 0.15) is 24.8 Å². The minimum atomic E-state index is -0.479. The second-order valence-electron chi connectivity index (χ2n) is 5.07. The first-order valence-electron chi connectivity index (χ1n) is 6.94. The van der Waals surface area contributed by atoms with Gasteiger partial charge >= 0.3 is 0 Å². The molecule has 3 rings (SSSR count). The van der Waals surface area contributed by atoms with Gasteiger partial charge in [-0.3, -0.25) is 4.79 Å². The van der Waals surface area contributed by atoms with Crippen molar-refractivity contribution < 1.29 is 14.4 Å². The third-order valence-electron chi connectivity index (χ3n) is 3.78. The van der Waals surface area contributed by atoms with Crippen LogP contribution in [0.4, 0.5) is 0 Å². The predicted octanol–water partition coefficient (Wildman–Crippen LogP) is 1.81. The van der Waals surface area contributed by atoms with E-state index in [1.165, 1.54) is 0 Å². The van der Waals surface area contributed by atoms with Crippen LogP contribution in [-0.2, 0) is 9.63 Å². The van der Waals surface area contributed by atoms with E-state index in [0.717, 1.165) is 43.0 Å². The van der Waals surface area contributed by atoms with Gasteiger partial charge < -0.3 is 14.5 Å². The Hall–Kier alpha value is -2.04. The number of carbonyl (C=O) groups is 1. The Bertz CT molecular complexity index is 536. The molecule has 0 spiro atoms. The Morgan fingerprint density at radius 1 is 1.35 bits per heavy atom. The van der Waals surface area contributed by atoms with E-state index in [0.29, 0.717) is 6.42 Å². The number of carbonyl (C=O) groups excluding carboxylic acids is 1. The lowest BCUT2D eigenvalue weighted by atomic mass is 10.0. The molecule has 0 radical (unpaired) electrons. The van der Waals surface area contributed by atoms with Gasteiger partial charge in [-0.05, 0) is 25.0 Å². The molecule has 0 N–H and O–H groups in total. The van der Waals surface area contributed by atoms with Crippen molar-refractivity contribution in [3.8, 4) is 5.75 Å². The van der Waals surface area contributed by atoms with E-state index >= 15 is 0 Å². The summed E-state index contributed by atoms with van der Waals surface area (Å²) in [5, 5.41) is 4.08. The summed E-state index contributed by atoms with van der Waals surface area (Å²) in [6.45, 7) is 1.67. The second-order valence-corrected chi connectivity index (χ2v) is 5.07. The summed E-state index contributed by atoms with van der Waals surface area (Å²) in [6.07, 6.45) is 2.19. The number of hydrogen-bond donors (Lipinski definition) is 0. The van der Waals surface area contributed by atoms with Crippen molar-refractivity contribution in [3.05, 3.63) is 29.8 Å². The van der Waals surface area contributed by atoms with Gasteiger partial charge in [0.25, 0.3) is 5.91 Å². The summed E-state index contributed by atoms with van der Waals surface area (Å²) in [7, 11) is 1.63. The quantitative estimate of drug-likeness (QED) is 0.844. The molecule has 2 aliphatic heterocycles. The molecule has 5 heteroatoms. The molecule has 0 saturated carbocycles. The van der Waals surface area contributed by atoms with Gasteiger partial charge in [-0.1, -0.05) is 17.3 Å². The standard InChI is InChI=1S/C15H18N2O3/c1-19-13-7-3-2-6-11(13)12-10-14(20-16-12)15(18)17-8-4-5-9-17/h2-3,6-7,14H,4-5,8-10H2,1H3/t14-/m1/s1. The van der Waals surface area contributed by atoms with Crippen LogP contribution in [0.2, 0.25) is 0 Å². The number of hydrogen-bond acceptors (Lipinski definition) is 4. The lowest BCUT2D eigenvalue weighted by Gasteiger charge is -2.18. The van der Waals surface area contributed by atoms with Gasteiger partial charge in [-0.25, -0.2) is 0 Å². The van der Waals surface area contributed by atoms with E-state index in [4.69, 9.17) is 9.57 Å². The lowest BCUT2D eigenvalue weighted by Crippen LogP contribution is -2.37. The van der Waals surface area contributed by atoms with Crippen molar-refractivity contribution in [2.24, 2.45) is 5.16 Å². The summed E-state index contributed by atoms with van der Waals surface area (Å²) in [5.41, 5.74) is 1.67. The Labute approximate surface area is 118 Å². The molecular formula is C15H18N2O3. The average molecular weight is 274 g/mol. The Kier molecular flexibility index (Phi) is 3.58. The number of likely N-dealkylation sites (tertiary alicyclic amines) is 1. The van der Waals surface area contributed by atoms with Crippen molar-refractivity contribution in [1.82, 2.24) is 4.90 Å². The van der Waals surface area contributed by atoms with Crippen molar-refractivity contribution in [3.63, 3.8) is 0 Å². The summed E-state index contributed by atoms with van der Waals surface area (Å²) < 4.78 is 5.32. The lowest BCUT2D eigenvalue weighted by molar-refractivity contribution is -0.140. The largest absolute Gasteiger partial charge is 0.496 e. The number of nitrogens with zero attached hydrogens (tertiary/aromatic N) is 2. The molecule has 2 heterocycles. The van der Waals surface area contributed by atoms with E-state index in [2.05, 4.69) is 5.16 Å². The first-order valence-corrected chi connectivity index (χ1v) is 6.94. The Balaban J connectivity index is 1.71. The van der Waals surface area contributed by atoms with Crippen LogP contribution in [0.25, 0.3) is 0 Å². The van der Waals surface area contributed by atoms with Gasteiger partial charge in [-0.15, -0.1) is 0 Å². The van der Waals surface area contributed by atoms with Crippen LogP contribution >= 0.6 is 0 Å². The SMILES string of the molecule is COc1ccccc1C1=NO[C@@H](C(=O)N2CCCC2)C1. The van der Waals surface area contributed by atoms with E-state index in [9.17, 15) is 4.79 Å². The highest BCUT2D eigenvalue weighted by molar-refractivity contribution is 6.05. The molecule has 0 bridgehead atoms. The number of ether oxygens (including phenoxy) is 1. The molecule has 106 valence electrons. The molecule has 1 saturated heterocycles. The number of para-hydroxylation sites is 1. The van der Waals surface area contributed by atoms with Gasteiger partial charge in [0.15, 0.2) is 0 Å². The van der Waals surface area contributed by atoms with E-state index in [1.807, 2.05) is 29.2 Å². The highest BCUT2D eigenvalue weighted by atomic mass is 16.6. The zero-order valence-corrected chi connectivity index (χ0v) is 11.5. The van der Waals surface area contributed by atoms with Crippen LogP contribution < -0.4 is 4.74 Å². The Morgan fingerprint density at radius 2 is 2.10 bits per heavy atom. The van der Waals surface area contributed by atoms with Crippen LogP contribution in [0.15, 0.2) is 29.4 Å². The van der Waals surface area contributed by atoms with Crippen molar-refractivity contribution in [2.45, 2.75) is 25.4 Å². The summed E-state index contributed by atoms with van der Waals surface area (Å²) in [4.78, 5) is 19.5. The van der Waals surface area contributed by atoms with Crippen molar-refractivity contribution in [2.75, 3.05) is 20.2 Å². The normalized spacial score (nSPS) is 21.6. The molecule has 2 aliphatic rings. The van der Waals surface area contributed by atoms with Crippen LogP contribution in [0, 0.1) is 0 Å². The molecule has 0 aliphatic carbocycles. The maximum absolute atomic E-state index is 12.3. The highest BCUT2D eigenvalue weighted by Gasteiger charge is 2.34. The average Bonchev–Trinajstić information content (AvgIpc) is 3.18. The second kappa shape index (κ2) is 5.53. The van der Waals surface area contributed by atoms with Gasteiger partial charge in [0.05, 0.1) is 12.8 Å². The fourth-order valence-electron chi connectivity index (χ4n) is 2.69. The Morgan fingerprint density at radius 3 is 2.85 bits per heavy atom. The molecule has 0 aromatic heterocycles. The zero-order chi connectivity index (χ0) is 13.9. The smallest absolute Gasteiger partial charge is 0.266 e. The number of benzene rings is 1. The number of amides is 1. The predicted molar refractivity (Wildman–Crippen MR) is 74.8 cm³/mol. The minimum Gasteiger partial charge on any atom is -0.496 e. The first kappa shape index (κ1) is 13.0. The fraction of sp³-hybridized carbons (Fsp3) is 0.467.